The molecule has 0 heterocycles. The lowest BCUT2D eigenvalue weighted by molar-refractivity contribution is -0.139. The van der Waals surface area contributed by atoms with Gasteiger partial charge in [-0.3, -0.25) is 4.79 Å². The number of aliphatic carboxylic acids is 1. The van der Waals surface area contributed by atoms with Gasteiger partial charge in [-0.25, -0.2) is 4.79 Å². The normalized spacial score (nSPS) is 12.4. The molecule has 0 unspecified atom stereocenters. The Labute approximate surface area is 148 Å². The zero-order valence-corrected chi connectivity index (χ0v) is 13.8. The largest absolute Gasteiger partial charge is 0.480 e. The number of rotatable bonds is 7. The van der Waals surface area contributed by atoms with Crippen molar-refractivity contribution in [2.24, 2.45) is 0 Å². The first-order valence-electron chi connectivity index (χ1n) is 8.02. The van der Waals surface area contributed by atoms with E-state index in [9.17, 15) is 27.9 Å². The lowest BCUT2D eigenvalue weighted by Crippen LogP contribution is -2.40. The molecule has 0 radical (unpaired) electrons. The topological polar surface area (TPSA) is 66.4 Å². The van der Waals surface area contributed by atoms with Crippen molar-refractivity contribution in [2.75, 3.05) is 0 Å². The van der Waals surface area contributed by atoms with E-state index in [0.29, 0.717) is 12.8 Å². The molecule has 4 nitrogen and oxygen atoms in total. The van der Waals surface area contributed by atoms with Crippen molar-refractivity contribution in [3.05, 3.63) is 71.3 Å². The number of benzene rings is 2. The molecule has 0 aliphatic rings. The molecule has 26 heavy (non-hydrogen) atoms. The van der Waals surface area contributed by atoms with Crippen LogP contribution >= 0.6 is 0 Å². The van der Waals surface area contributed by atoms with Crippen LogP contribution < -0.4 is 5.32 Å². The molecule has 2 aromatic carbocycles. The molecule has 138 valence electrons. The second-order valence-electron chi connectivity index (χ2n) is 5.82. The summed E-state index contributed by atoms with van der Waals surface area (Å²) in [6.45, 7) is 0. The van der Waals surface area contributed by atoms with Gasteiger partial charge < -0.3 is 10.4 Å². The van der Waals surface area contributed by atoms with E-state index in [1.807, 2.05) is 30.3 Å². The van der Waals surface area contributed by atoms with Crippen LogP contribution in [0.25, 0.3) is 0 Å². The first-order chi connectivity index (χ1) is 12.3. The van der Waals surface area contributed by atoms with E-state index in [2.05, 4.69) is 5.32 Å². The fourth-order valence-corrected chi connectivity index (χ4v) is 2.46. The quantitative estimate of drug-likeness (QED) is 0.782. The molecule has 0 bridgehead atoms. The maximum Gasteiger partial charge on any atom is 0.416 e. The summed E-state index contributed by atoms with van der Waals surface area (Å²) in [5.41, 5.74) is 0.171. The summed E-state index contributed by atoms with van der Waals surface area (Å²) in [7, 11) is 0. The molecule has 2 rings (SSSR count). The maximum absolute atomic E-state index is 12.5. The number of amides is 1. The minimum absolute atomic E-state index is 0.0210. The molecule has 0 saturated carbocycles. The van der Waals surface area contributed by atoms with Crippen LogP contribution in [0.4, 0.5) is 13.2 Å². The van der Waals surface area contributed by atoms with E-state index < -0.39 is 29.7 Å². The fourth-order valence-electron chi connectivity index (χ4n) is 2.46. The molecule has 0 fully saturated rings. The fraction of sp³-hybridized carbons (Fsp3) is 0.263. The summed E-state index contributed by atoms with van der Waals surface area (Å²) in [4.78, 5) is 23.4. The maximum atomic E-state index is 12.5. The summed E-state index contributed by atoms with van der Waals surface area (Å²) in [5, 5.41) is 11.6. The molecule has 0 aliphatic heterocycles. The zero-order valence-electron chi connectivity index (χ0n) is 13.8. The number of carboxylic acids is 1. The Morgan fingerprint density at radius 3 is 2.15 bits per heavy atom. The smallest absolute Gasteiger partial charge is 0.416 e. The number of carbonyl (C=O) groups is 2. The Bertz CT molecular complexity index is 743. The highest BCUT2D eigenvalue weighted by molar-refractivity contribution is 5.96. The number of alkyl halides is 3. The van der Waals surface area contributed by atoms with E-state index in [0.717, 1.165) is 29.8 Å². The lowest BCUT2D eigenvalue weighted by Gasteiger charge is -2.15. The van der Waals surface area contributed by atoms with Gasteiger partial charge in [0, 0.05) is 5.56 Å². The van der Waals surface area contributed by atoms with Crippen LogP contribution in [0.1, 0.15) is 34.3 Å². The molecular weight excluding hydrogens is 347 g/mol. The third-order valence-corrected chi connectivity index (χ3v) is 3.88. The van der Waals surface area contributed by atoms with Crippen LogP contribution in [-0.4, -0.2) is 23.0 Å². The highest BCUT2D eigenvalue weighted by Gasteiger charge is 2.30. The molecule has 2 N–H and O–H groups in total. The van der Waals surface area contributed by atoms with E-state index in [-0.39, 0.29) is 12.0 Å². The Balaban J connectivity index is 1.94. The summed E-state index contributed by atoms with van der Waals surface area (Å²) >= 11 is 0. The highest BCUT2D eigenvalue weighted by Crippen LogP contribution is 2.29. The Hall–Kier alpha value is -2.83. The van der Waals surface area contributed by atoms with Crippen LogP contribution in [0.5, 0.6) is 0 Å². The van der Waals surface area contributed by atoms with Crippen molar-refractivity contribution < 1.29 is 27.9 Å². The molecule has 7 heteroatoms. The Morgan fingerprint density at radius 2 is 1.62 bits per heavy atom. The van der Waals surface area contributed by atoms with Gasteiger partial charge in [-0.05, 0) is 49.1 Å². The summed E-state index contributed by atoms with van der Waals surface area (Å²) in [5.74, 6) is -1.90. The number of carbonyl (C=O) groups excluding carboxylic acids is 1. The monoisotopic (exact) mass is 365 g/mol. The number of carboxylic acid groups (broad SMARTS) is 1. The molecule has 0 aromatic heterocycles. The Kier molecular flexibility index (Phi) is 6.38. The Morgan fingerprint density at radius 1 is 1.00 bits per heavy atom. The van der Waals surface area contributed by atoms with Crippen molar-refractivity contribution in [1.82, 2.24) is 5.32 Å². The van der Waals surface area contributed by atoms with E-state index in [4.69, 9.17) is 0 Å². The average molecular weight is 365 g/mol. The standard InChI is InChI=1S/C19H18F3NO3/c20-19(21,22)15-11-9-14(10-12-15)17(24)23-16(18(25)26)8-4-7-13-5-2-1-3-6-13/h1-3,5-6,9-12,16H,4,7-8H2,(H,23,24)(H,25,26)/t16-/m0/s1. The molecule has 0 spiro atoms. The zero-order chi connectivity index (χ0) is 19.2. The number of nitrogens with one attached hydrogen (secondary N) is 1. The van der Waals surface area contributed by atoms with Gasteiger partial charge in [-0.1, -0.05) is 30.3 Å². The second kappa shape index (κ2) is 8.51. The molecule has 1 atom stereocenters. The highest BCUT2D eigenvalue weighted by atomic mass is 19.4. The van der Waals surface area contributed by atoms with E-state index >= 15 is 0 Å². The minimum atomic E-state index is -4.49. The molecular formula is C19H18F3NO3. The van der Waals surface area contributed by atoms with Gasteiger partial charge in [0.2, 0.25) is 0 Å². The van der Waals surface area contributed by atoms with Crippen molar-refractivity contribution in [3.63, 3.8) is 0 Å². The van der Waals surface area contributed by atoms with Crippen molar-refractivity contribution in [3.8, 4) is 0 Å². The predicted molar refractivity (Wildman–Crippen MR) is 89.7 cm³/mol. The van der Waals surface area contributed by atoms with Crippen LogP contribution in [0, 0.1) is 0 Å². The van der Waals surface area contributed by atoms with Gasteiger partial charge in [-0.15, -0.1) is 0 Å². The first kappa shape index (κ1) is 19.5. The van der Waals surface area contributed by atoms with Crippen molar-refractivity contribution in [1.29, 1.82) is 0 Å². The van der Waals surface area contributed by atoms with Crippen molar-refractivity contribution >= 4 is 11.9 Å². The van der Waals surface area contributed by atoms with Crippen LogP contribution in [0.2, 0.25) is 0 Å². The van der Waals surface area contributed by atoms with Gasteiger partial charge in [0.1, 0.15) is 6.04 Å². The number of halogens is 3. The third kappa shape index (κ3) is 5.61. The van der Waals surface area contributed by atoms with E-state index in [1.165, 1.54) is 0 Å². The molecule has 0 saturated heterocycles. The summed E-state index contributed by atoms with van der Waals surface area (Å²) < 4.78 is 37.6. The number of aryl methyl sites for hydroxylation is 1. The molecule has 1 amide bonds. The summed E-state index contributed by atoms with van der Waals surface area (Å²) in [6, 6.07) is 12.0. The van der Waals surface area contributed by atoms with Crippen LogP contribution in [0.3, 0.4) is 0 Å². The number of hydrogen-bond donors (Lipinski definition) is 2. The van der Waals surface area contributed by atoms with Crippen LogP contribution in [0.15, 0.2) is 54.6 Å². The predicted octanol–water partition coefficient (Wildman–Crippen LogP) is 3.91. The first-order valence-corrected chi connectivity index (χ1v) is 8.02. The number of hydrogen-bond acceptors (Lipinski definition) is 2. The lowest BCUT2D eigenvalue weighted by atomic mass is 10.0. The van der Waals surface area contributed by atoms with E-state index in [1.54, 1.807) is 0 Å². The SMILES string of the molecule is O=C(N[C@@H](CCCc1ccccc1)C(=O)O)c1ccc(C(F)(F)F)cc1. The average Bonchev–Trinajstić information content (AvgIpc) is 2.61. The van der Waals surface area contributed by atoms with Gasteiger partial charge >= 0.3 is 12.1 Å². The van der Waals surface area contributed by atoms with Crippen molar-refractivity contribution in [2.45, 2.75) is 31.5 Å². The van der Waals surface area contributed by atoms with Gasteiger partial charge in [0.25, 0.3) is 5.91 Å². The molecule has 2 aromatic rings. The van der Waals surface area contributed by atoms with Crippen LogP contribution in [-0.2, 0) is 17.4 Å². The molecule has 0 aliphatic carbocycles. The third-order valence-electron chi connectivity index (χ3n) is 3.88. The van der Waals surface area contributed by atoms with Gasteiger partial charge in [0.15, 0.2) is 0 Å². The minimum Gasteiger partial charge on any atom is -0.480 e. The second-order valence-corrected chi connectivity index (χ2v) is 5.82. The summed E-state index contributed by atoms with van der Waals surface area (Å²) in [6.07, 6.45) is -3.05. The van der Waals surface area contributed by atoms with Gasteiger partial charge in [0.05, 0.1) is 5.56 Å². The van der Waals surface area contributed by atoms with Gasteiger partial charge in [-0.2, -0.15) is 13.2 Å².